The molecule has 2 aliphatic rings. The Bertz CT molecular complexity index is 548. The molecule has 0 amide bonds. The first-order valence-electron chi connectivity index (χ1n) is 4.05. The molecule has 0 spiro atoms. The highest BCUT2D eigenvalue weighted by Gasteiger charge is 2.26. The van der Waals surface area contributed by atoms with Gasteiger partial charge in [0.1, 0.15) is 5.69 Å². The summed E-state index contributed by atoms with van der Waals surface area (Å²) in [5, 5.41) is 5.26. The molecule has 12 heavy (non-hydrogen) atoms. The first kappa shape index (κ1) is 5.14. The minimum absolute atomic E-state index is 0.946. The average molecular weight is 155 g/mol. The van der Waals surface area contributed by atoms with Crippen LogP contribution in [0, 0.1) is 0 Å². The number of fused-ring (bicyclic) bond motifs is 2. The summed E-state index contributed by atoms with van der Waals surface area (Å²) in [5.74, 6) is 0. The molecule has 0 fully saturated rings. The summed E-state index contributed by atoms with van der Waals surface area (Å²) in [5.41, 5.74) is 5.98. The minimum atomic E-state index is 0.946. The second-order valence-electron chi connectivity index (χ2n) is 3.44. The molecule has 0 saturated heterocycles. The number of benzene rings is 1. The topological polar surface area (TPSA) is 26.0 Å². The maximum Gasteiger partial charge on any atom is 0.168 e. The van der Waals surface area contributed by atoms with Gasteiger partial charge in [0.05, 0.1) is 5.39 Å². The lowest BCUT2D eigenvalue weighted by molar-refractivity contribution is 0.452. The number of hydrogen-bond acceptors (Lipinski definition) is 2. The Morgan fingerprint density at radius 3 is 3.33 bits per heavy atom. The third-order valence-corrected chi connectivity index (χ3v) is 2.69. The van der Waals surface area contributed by atoms with Gasteiger partial charge in [0, 0.05) is 0 Å². The van der Waals surface area contributed by atoms with Crippen LogP contribution in [0.4, 0.5) is 0 Å². The van der Waals surface area contributed by atoms with Gasteiger partial charge in [-0.25, -0.2) is 0 Å². The third-order valence-electron chi connectivity index (χ3n) is 2.69. The zero-order chi connectivity index (χ0) is 7.71. The maximum absolute atomic E-state index is 5.20. The van der Waals surface area contributed by atoms with Gasteiger partial charge in [0.15, 0.2) is 5.58 Å². The summed E-state index contributed by atoms with van der Waals surface area (Å²) in [7, 11) is 0. The lowest BCUT2D eigenvalue weighted by Crippen LogP contribution is -1.90. The average Bonchev–Trinajstić information content (AvgIpc) is 2.53. The van der Waals surface area contributed by atoms with E-state index in [4.69, 9.17) is 4.52 Å². The van der Waals surface area contributed by atoms with Crippen LogP contribution in [0.2, 0.25) is 0 Å². The van der Waals surface area contributed by atoms with E-state index in [-0.39, 0.29) is 0 Å². The molecular formula is C10H5NO. The van der Waals surface area contributed by atoms with E-state index in [2.05, 4.69) is 23.4 Å². The van der Waals surface area contributed by atoms with E-state index in [0.717, 1.165) is 17.7 Å². The van der Waals surface area contributed by atoms with Crippen molar-refractivity contribution in [2.24, 2.45) is 0 Å². The van der Waals surface area contributed by atoms with Crippen LogP contribution < -0.4 is 0 Å². The molecule has 2 aromatic rings. The van der Waals surface area contributed by atoms with Crippen LogP contribution in [-0.2, 0) is 6.42 Å². The van der Waals surface area contributed by atoms with E-state index in [0.29, 0.717) is 0 Å². The first-order chi connectivity index (χ1) is 5.92. The van der Waals surface area contributed by atoms with Gasteiger partial charge in [-0.1, -0.05) is 11.2 Å². The van der Waals surface area contributed by atoms with Crippen molar-refractivity contribution in [1.29, 1.82) is 0 Å². The fourth-order valence-corrected chi connectivity index (χ4v) is 2.21. The van der Waals surface area contributed by atoms with Crippen LogP contribution in [0.3, 0.4) is 0 Å². The fraction of sp³-hybridized carbons (Fsp3) is 0.100. The monoisotopic (exact) mass is 155 g/mol. The Morgan fingerprint density at radius 2 is 2.33 bits per heavy atom. The Hall–Kier alpha value is -1.57. The molecule has 0 saturated carbocycles. The fourth-order valence-electron chi connectivity index (χ4n) is 2.21. The molecule has 1 aromatic heterocycles. The Morgan fingerprint density at radius 1 is 1.33 bits per heavy atom. The number of aromatic nitrogens is 1. The Labute approximate surface area is 68.5 Å². The highest BCUT2D eigenvalue weighted by molar-refractivity contribution is 6.09. The molecular weight excluding hydrogens is 150 g/mol. The summed E-state index contributed by atoms with van der Waals surface area (Å²) in [6, 6.07) is 4.31. The zero-order valence-electron chi connectivity index (χ0n) is 6.29. The molecule has 0 N–H and O–H groups in total. The predicted molar refractivity (Wildman–Crippen MR) is 45.6 cm³/mol. The maximum atomic E-state index is 5.20. The van der Waals surface area contributed by atoms with Crippen LogP contribution in [0.1, 0.15) is 16.8 Å². The van der Waals surface area contributed by atoms with E-state index >= 15 is 0 Å². The molecule has 0 radical (unpaired) electrons. The van der Waals surface area contributed by atoms with Gasteiger partial charge in [-0.3, -0.25) is 0 Å². The summed E-state index contributed by atoms with van der Waals surface area (Å²) in [6.07, 6.45) is 3.24. The standard InChI is InChI=1S/C10H5NO/c1-5-2-7-4-6(1)9-8(3-5)12-11-10(7)9/h1,3-4H,2H2. The van der Waals surface area contributed by atoms with E-state index in [1.165, 1.54) is 22.1 Å². The molecule has 56 valence electrons. The summed E-state index contributed by atoms with van der Waals surface area (Å²) in [6.45, 7) is 0. The predicted octanol–water partition coefficient (Wildman–Crippen LogP) is 2.24. The molecule has 3 bridgehead atoms. The molecule has 0 aliphatic heterocycles. The highest BCUT2D eigenvalue weighted by atomic mass is 16.5. The van der Waals surface area contributed by atoms with Crippen molar-refractivity contribution in [3.8, 4) is 0 Å². The lowest BCUT2D eigenvalue weighted by atomic mass is 10.0. The van der Waals surface area contributed by atoms with Gasteiger partial charge in [-0.2, -0.15) is 0 Å². The second-order valence-corrected chi connectivity index (χ2v) is 3.44. The van der Waals surface area contributed by atoms with Gasteiger partial charge in [-0.05, 0) is 35.3 Å². The third kappa shape index (κ3) is 0.371. The molecule has 0 atom stereocenters. The zero-order valence-corrected chi connectivity index (χ0v) is 6.29. The summed E-state index contributed by atoms with van der Waals surface area (Å²) in [4.78, 5) is 0. The quantitative estimate of drug-likeness (QED) is 0.583. The van der Waals surface area contributed by atoms with Crippen molar-refractivity contribution < 1.29 is 4.52 Å². The molecule has 0 unspecified atom stereocenters. The molecule has 4 rings (SSSR count). The lowest BCUT2D eigenvalue weighted by Gasteiger charge is -2.05. The van der Waals surface area contributed by atoms with Crippen LogP contribution in [-0.4, -0.2) is 5.16 Å². The van der Waals surface area contributed by atoms with Crippen LogP contribution in [0.15, 0.2) is 16.7 Å². The minimum Gasteiger partial charge on any atom is -0.356 e. The smallest absolute Gasteiger partial charge is 0.168 e. The molecule has 1 aromatic carbocycles. The van der Waals surface area contributed by atoms with Gasteiger partial charge in [0.25, 0.3) is 0 Å². The van der Waals surface area contributed by atoms with E-state index in [9.17, 15) is 0 Å². The second kappa shape index (κ2) is 1.33. The number of rotatable bonds is 0. The van der Waals surface area contributed by atoms with Crippen molar-refractivity contribution in [3.63, 3.8) is 0 Å². The van der Waals surface area contributed by atoms with E-state index < -0.39 is 0 Å². The normalized spacial score (nSPS) is 16.5. The van der Waals surface area contributed by atoms with Gasteiger partial charge >= 0.3 is 0 Å². The van der Waals surface area contributed by atoms with E-state index in [1.54, 1.807) is 0 Å². The first-order valence-corrected chi connectivity index (χ1v) is 4.05. The summed E-state index contributed by atoms with van der Waals surface area (Å²) >= 11 is 0. The van der Waals surface area contributed by atoms with Gasteiger partial charge < -0.3 is 4.52 Å². The van der Waals surface area contributed by atoms with Crippen LogP contribution in [0.25, 0.3) is 22.6 Å². The van der Waals surface area contributed by atoms with Crippen molar-refractivity contribution in [2.45, 2.75) is 6.42 Å². The van der Waals surface area contributed by atoms with Crippen LogP contribution >= 0.6 is 0 Å². The Kier molecular flexibility index (Phi) is 0.571. The number of nitrogens with zero attached hydrogens (tertiary/aromatic N) is 1. The van der Waals surface area contributed by atoms with Crippen LogP contribution in [0.5, 0.6) is 0 Å². The SMILES string of the molecule is C1=C2Cc3cc1c1c2noc1c3. The number of allylic oxidation sites excluding steroid dienone is 1. The van der Waals surface area contributed by atoms with Crippen molar-refractivity contribution in [1.82, 2.24) is 5.16 Å². The molecule has 2 nitrogen and oxygen atoms in total. The number of hydrogen-bond donors (Lipinski definition) is 0. The highest BCUT2D eigenvalue weighted by Crippen LogP contribution is 2.42. The van der Waals surface area contributed by atoms with Crippen molar-refractivity contribution in [2.75, 3.05) is 0 Å². The van der Waals surface area contributed by atoms with Gasteiger partial charge in [-0.15, -0.1) is 0 Å². The summed E-state index contributed by atoms with van der Waals surface area (Å²) < 4.78 is 5.20. The molecule has 1 heterocycles. The van der Waals surface area contributed by atoms with E-state index in [1.807, 2.05) is 0 Å². The van der Waals surface area contributed by atoms with Gasteiger partial charge in [0.2, 0.25) is 0 Å². The largest absolute Gasteiger partial charge is 0.356 e. The molecule has 2 heteroatoms. The Balaban J connectivity index is 2.50. The van der Waals surface area contributed by atoms with Crippen molar-refractivity contribution in [3.05, 3.63) is 29.0 Å². The molecule has 2 aliphatic carbocycles. The van der Waals surface area contributed by atoms with Crippen molar-refractivity contribution >= 4 is 22.6 Å².